The number of carbonyl (C=O) groups is 1. The summed E-state index contributed by atoms with van der Waals surface area (Å²) in [5.41, 5.74) is 22.8. The number of nitrogen functional groups attached to an aromatic ring is 1. The molecule has 2 aliphatic heterocycles. The molecule has 256 valence electrons. The van der Waals surface area contributed by atoms with Gasteiger partial charge in [-0.25, -0.2) is 8.78 Å². The van der Waals surface area contributed by atoms with Gasteiger partial charge >= 0.3 is 0 Å². The van der Waals surface area contributed by atoms with Gasteiger partial charge in [-0.15, -0.1) is 0 Å². The van der Waals surface area contributed by atoms with Crippen molar-refractivity contribution in [1.29, 1.82) is 5.41 Å². The van der Waals surface area contributed by atoms with Crippen LogP contribution in [0, 0.1) is 17.0 Å². The first-order valence-corrected chi connectivity index (χ1v) is 16.3. The Morgan fingerprint density at radius 3 is 2.29 bits per heavy atom. The van der Waals surface area contributed by atoms with E-state index < -0.39 is 17.5 Å². The molecule has 0 saturated carbocycles. The summed E-state index contributed by atoms with van der Waals surface area (Å²) >= 11 is 0. The van der Waals surface area contributed by atoms with E-state index in [9.17, 15) is 13.6 Å². The van der Waals surface area contributed by atoms with E-state index in [1.165, 1.54) is 18.3 Å². The molecule has 2 fully saturated rings. The Hall–Kier alpha value is -4.81. The van der Waals surface area contributed by atoms with E-state index in [0.717, 1.165) is 57.0 Å². The summed E-state index contributed by atoms with van der Waals surface area (Å²) in [6.45, 7) is 8.94. The zero-order chi connectivity index (χ0) is 34.8. The number of anilines is 3. The maximum Gasteiger partial charge on any atom is 0.281 e. The monoisotopic (exact) mass is 660 g/mol. The third-order valence-corrected chi connectivity index (χ3v) is 8.42. The molecule has 1 amide bonds. The number of allylic oxidation sites excluding steroid dienone is 1. The van der Waals surface area contributed by atoms with Gasteiger partial charge in [-0.3, -0.25) is 4.79 Å². The Kier molecular flexibility index (Phi) is 12.6. The quantitative estimate of drug-likeness (QED) is 0.122. The maximum atomic E-state index is 14.0. The molecule has 10 nitrogen and oxygen atoms in total. The van der Waals surface area contributed by atoms with E-state index >= 15 is 0 Å². The summed E-state index contributed by atoms with van der Waals surface area (Å²) in [4.78, 5) is 22.6. The lowest BCUT2D eigenvalue weighted by molar-refractivity contribution is 0.0904. The van der Waals surface area contributed by atoms with Gasteiger partial charge in [-0.2, -0.15) is 4.99 Å². The lowest BCUT2D eigenvalue weighted by atomic mass is 9.92. The fourth-order valence-electron chi connectivity index (χ4n) is 5.84. The first-order chi connectivity index (χ1) is 23.1. The molecule has 0 bridgehead atoms. The molecule has 5 rings (SSSR count). The van der Waals surface area contributed by atoms with Crippen molar-refractivity contribution >= 4 is 40.6 Å². The Labute approximate surface area is 281 Å². The fourth-order valence-corrected chi connectivity index (χ4v) is 5.84. The number of benzene rings is 3. The highest BCUT2D eigenvalue weighted by atomic mass is 19.1. The Morgan fingerprint density at radius 1 is 1.00 bits per heavy atom. The number of ether oxygens (including phenoxy) is 1. The van der Waals surface area contributed by atoms with E-state index in [0.29, 0.717) is 46.7 Å². The van der Waals surface area contributed by atoms with Crippen LogP contribution in [0.2, 0.25) is 0 Å². The summed E-state index contributed by atoms with van der Waals surface area (Å²) in [5.74, 6) is -2.10. The van der Waals surface area contributed by atoms with Crippen molar-refractivity contribution in [2.24, 2.45) is 16.5 Å². The summed E-state index contributed by atoms with van der Waals surface area (Å²) in [6.07, 6.45) is 4.01. The largest absolute Gasteiger partial charge is 0.404 e. The number of nitrogens with zero attached hydrogens (tertiary/aromatic N) is 3. The number of halogens is 2. The van der Waals surface area contributed by atoms with Gasteiger partial charge in [0.1, 0.15) is 17.5 Å². The van der Waals surface area contributed by atoms with Crippen LogP contribution >= 0.6 is 0 Å². The maximum absolute atomic E-state index is 14.0. The summed E-state index contributed by atoms with van der Waals surface area (Å²) in [6, 6.07) is 12.3. The van der Waals surface area contributed by atoms with Crippen molar-refractivity contribution in [2.75, 3.05) is 62.4 Å². The number of aliphatic imine (C=N–C) groups is 1. The van der Waals surface area contributed by atoms with Crippen LogP contribution in [-0.2, 0) is 11.2 Å². The van der Waals surface area contributed by atoms with Crippen LogP contribution in [-0.4, -0.2) is 75.3 Å². The Balaban J connectivity index is 0.00000255. The molecule has 3 aromatic rings. The number of rotatable bonds is 9. The molecule has 3 aromatic carbocycles. The van der Waals surface area contributed by atoms with E-state index in [1.807, 2.05) is 26.0 Å². The SMILES string of the molecule is CC.CN1CCN(c2ccc(C(=O)N=C(N)c3cc(Cc4cc(F)cc(F)c4)c(/C(C=N)=C/N)cc3N)c(NC3CCOCC3)c2)CC1. The highest BCUT2D eigenvalue weighted by Gasteiger charge is 2.22. The molecule has 12 heteroatoms. The molecule has 2 heterocycles. The van der Waals surface area contributed by atoms with Gasteiger partial charge in [-0.05, 0) is 85.5 Å². The number of amides is 1. The van der Waals surface area contributed by atoms with E-state index in [2.05, 4.69) is 27.2 Å². The number of piperazine rings is 1. The minimum Gasteiger partial charge on any atom is -0.404 e. The standard InChI is InChI=1S/C34H40F2N8O2.C2H6/c1-43-6-8-44(9-7-43)27-2-3-28(32(17-27)41-26-4-10-46-11-5-26)34(45)42-33(40)30-15-22(12-21-13-24(35)16-25(36)14-21)29(18-31(30)39)23(19-37)20-38;1-2/h2-3,13-20,26,37,41H,4-12,38-39H2,1H3,(H2,40,42,45);1-2H3/b23-20+,37-19?;. The molecular weight excluding hydrogens is 614 g/mol. The van der Waals surface area contributed by atoms with Crippen molar-refractivity contribution in [2.45, 2.75) is 39.2 Å². The van der Waals surface area contributed by atoms with Crippen LogP contribution in [0.15, 0.2) is 59.7 Å². The lowest BCUT2D eigenvalue weighted by Crippen LogP contribution is -2.44. The van der Waals surface area contributed by atoms with Crippen molar-refractivity contribution in [3.63, 3.8) is 0 Å². The fraction of sp³-hybridized carbons (Fsp3) is 0.361. The van der Waals surface area contributed by atoms with Crippen LogP contribution in [0.5, 0.6) is 0 Å². The van der Waals surface area contributed by atoms with Gasteiger partial charge in [0, 0.05) is 92.1 Å². The van der Waals surface area contributed by atoms with Crippen molar-refractivity contribution in [3.05, 3.63) is 94.2 Å². The number of nitrogens with two attached hydrogens (primary N) is 3. The van der Waals surface area contributed by atoms with E-state index in [1.54, 1.807) is 18.2 Å². The predicted molar refractivity (Wildman–Crippen MR) is 191 cm³/mol. The van der Waals surface area contributed by atoms with Gasteiger partial charge in [-0.1, -0.05) is 13.8 Å². The van der Waals surface area contributed by atoms with Crippen molar-refractivity contribution < 1.29 is 18.3 Å². The molecule has 0 atom stereocenters. The summed E-state index contributed by atoms with van der Waals surface area (Å²) in [5, 5.41) is 11.3. The number of amidine groups is 1. The van der Waals surface area contributed by atoms with Crippen LogP contribution in [0.1, 0.15) is 59.3 Å². The van der Waals surface area contributed by atoms with Crippen molar-refractivity contribution in [3.8, 4) is 0 Å². The number of nitrogens with one attached hydrogen (secondary N) is 2. The Bertz CT molecular complexity index is 1640. The highest BCUT2D eigenvalue weighted by Crippen LogP contribution is 2.30. The van der Waals surface area contributed by atoms with Gasteiger partial charge in [0.2, 0.25) is 0 Å². The van der Waals surface area contributed by atoms with Crippen LogP contribution < -0.4 is 27.4 Å². The normalized spacial score (nSPS) is 16.2. The zero-order valence-electron chi connectivity index (χ0n) is 27.9. The van der Waals surface area contributed by atoms with E-state index in [4.69, 9.17) is 27.3 Å². The molecule has 48 heavy (non-hydrogen) atoms. The van der Waals surface area contributed by atoms with Gasteiger partial charge in [0.05, 0.1) is 5.56 Å². The predicted octanol–water partition coefficient (Wildman–Crippen LogP) is 5.00. The second-order valence-corrected chi connectivity index (χ2v) is 11.7. The lowest BCUT2D eigenvalue weighted by Gasteiger charge is -2.34. The molecule has 2 aliphatic rings. The molecular formula is C36H46F2N8O2. The van der Waals surface area contributed by atoms with Crippen LogP contribution in [0.25, 0.3) is 5.57 Å². The Morgan fingerprint density at radius 2 is 1.67 bits per heavy atom. The molecule has 0 aliphatic carbocycles. The summed E-state index contributed by atoms with van der Waals surface area (Å²) < 4.78 is 33.5. The minimum absolute atomic E-state index is 0.0800. The second kappa shape index (κ2) is 16.8. The molecule has 0 spiro atoms. The number of likely N-dealkylation sites (N-methyl/N-ethyl adjacent to an activating group) is 1. The number of carbonyl (C=O) groups excluding carboxylic acids is 1. The van der Waals surface area contributed by atoms with Gasteiger partial charge in [0.25, 0.3) is 5.91 Å². The minimum atomic E-state index is -0.718. The van der Waals surface area contributed by atoms with Crippen molar-refractivity contribution in [1.82, 2.24) is 4.90 Å². The van der Waals surface area contributed by atoms with Crippen LogP contribution in [0.4, 0.5) is 25.8 Å². The van der Waals surface area contributed by atoms with Crippen LogP contribution in [0.3, 0.4) is 0 Å². The average molecular weight is 661 g/mol. The average Bonchev–Trinajstić information content (AvgIpc) is 3.07. The third kappa shape index (κ3) is 8.96. The molecule has 0 aromatic heterocycles. The molecule has 0 radical (unpaired) electrons. The van der Waals surface area contributed by atoms with Gasteiger partial charge in [0.15, 0.2) is 0 Å². The summed E-state index contributed by atoms with van der Waals surface area (Å²) in [7, 11) is 2.10. The molecule has 8 N–H and O–H groups in total. The third-order valence-electron chi connectivity index (χ3n) is 8.42. The smallest absolute Gasteiger partial charge is 0.281 e. The zero-order valence-corrected chi connectivity index (χ0v) is 27.9. The topological polar surface area (TPSA) is 159 Å². The number of hydrogen-bond donors (Lipinski definition) is 5. The highest BCUT2D eigenvalue weighted by molar-refractivity contribution is 6.14. The number of hydrogen-bond acceptors (Lipinski definition) is 8. The first kappa shape index (κ1) is 36.0. The van der Waals surface area contributed by atoms with E-state index in [-0.39, 0.29) is 29.5 Å². The first-order valence-electron chi connectivity index (χ1n) is 16.3. The van der Waals surface area contributed by atoms with Gasteiger partial charge < -0.3 is 42.5 Å². The second-order valence-electron chi connectivity index (χ2n) is 11.7. The molecule has 2 saturated heterocycles. The molecule has 0 unspecified atom stereocenters.